The van der Waals surface area contributed by atoms with Gasteiger partial charge in [-0.2, -0.15) is 5.10 Å². The molecule has 17 heavy (non-hydrogen) atoms. The smallest absolute Gasteiger partial charge is 0.329 e. The van der Waals surface area contributed by atoms with Gasteiger partial charge in [0.15, 0.2) is 0 Å². The van der Waals surface area contributed by atoms with E-state index in [1.807, 2.05) is 0 Å². The average molecular weight is 237 g/mol. The summed E-state index contributed by atoms with van der Waals surface area (Å²) in [5.74, 6) is -1.03. The van der Waals surface area contributed by atoms with Gasteiger partial charge in [-0.25, -0.2) is 5.43 Å². The molecule has 1 aliphatic heterocycles. The molecule has 1 aliphatic carbocycles. The standard InChI is InChI=1S/C12H19N3O2/c16-11(14-13-10-6-2-3-7-10)12(17)15-8-4-1-5-9-15/h1-9H2,(H,14,16). The van der Waals surface area contributed by atoms with E-state index in [1.165, 1.54) is 0 Å². The number of hydrazone groups is 1. The van der Waals surface area contributed by atoms with E-state index in [0.29, 0.717) is 13.1 Å². The average Bonchev–Trinajstić information content (AvgIpc) is 2.89. The Morgan fingerprint density at radius 1 is 1.00 bits per heavy atom. The van der Waals surface area contributed by atoms with Crippen LogP contribution in [0.15, 0.2) is 5.10 Å². The van der Waals surface area contributed by atoms with Crippen LogP contribution in [-0.2, 0) is 9.59 Å². The molecule has 0 radical (unpaired) electrons. The molecule has 0 aromatic rings. The largest absolute Gasteiger partial charge is 0.334 e. The van der Waals surface area contributed by atoms with Gasteiger partial charge in [0.2, 0.25) is 0 Å². The van der Waals surface area contributed by atoms with Crippen LogP contribution in [0.25, 0.3) is 0 Å². The van der Waals surface area contributed by atoms with Crippen molar-refractivity contribution in [2.75, 3.05) is 13.1 Å². The first kappa shape index (κ1) is 12.1. The van der Waals surface area contributed by atoms with Crippen molar-refractivity contribution in [2.45, 2.75) is 44.9 Å². The highest BCUT2D eigenvalue weighted by atomic mass is 16.2. The number of carbonyl (C=O) groups excluding carboxylic acids is 2. The van der Waals surface area contributed by atoms with Gasteiger partial charge in [0.1, 0.15) is 0 Å². The summed E-state index contributed by atoms with van der Waals surface area (Å²) in [6.07, 6.45) is 7.29. The fourth-order valence-electron chi connectivity index (χ4n) is 2.31. The van der Waals surface area contributed by atoms with Crippen LogP contribution in [0.3, 0.4) is 0 Å². The third kappa shape index (κ3) is 3.28. The molecule has 2 fully saturated rings. The lowest BCUT2D eigenvalue weighted by molar-refractivity contribution is -0.146. The summed E-state index contributed by atoms with van der Waals surface area (Å²) in [7, 11) is 0. The number of carbonyl (C=O) groups is 2. The van der Waals surface area contributed by atoms with Crippen LogP contribution < -0.4 is 5.43 Å². The number of nitrogens with zero attached hydrogens (tertiary/aromatic N) is 2. The SMILES string of the molecule is O=C(NN=C1CCCC1)C(=O)N1CCCCC1. The van der Waals surface area contributed by atoms with Gasteiger partial charge in [-0.05, 0) is 44.9 Å². The molecule has 1 N–H and O–H groups in total. The Morgan fingerprint density at radius 2 is 1.65 bits per heavy atom. The number of likely N-dealkylation sites (tertiary alicyclic amines) is 1. The molecule has 0 aromatic heterocycles. The number of hydrogen-bond acceptors (Lipinski definition) is 3. The third-order valence-corrected chi connectivity index (χ3v) is 3.33. The fourth-order valence-corrected chi connectivity index (χ4v) is 2.31. The summed E-state index contributed by atoms with van der Waals surface area (Å²) >= 11 is 0. The molecular formula is C12H19N3O2. The topological polar surface area (TPSA) is 61.8 Å². The maximum Gasteiger partial charge on any atom is 0.329 e. The predicted octanol–water partition coefficient (Wildman–Crippen LogP) is 1.05. The van der Waals surface area contributed by atoms with Crippen molar-refractivity contribution >= 4 is 17.5 Å². The van der Waals surface area contributed by atoms with Crippen LogP contribution in [-0.4, -0.2) is 35.5 Å². The lowest BCUT2D eigenvalue weighted by Crippen LogP contribution is -2.44. The number of piperidine rings is 1. The number of amides is 2. The molecule has 0 spiro atoms. The molecule has 1 saturated heterocycles. The van der Waals surface area contributed by atoms with Crippen LogP contribution >= 0.6 is 0 Å². The minimum absolute atomic E-state index is 0.438. The van der Waals surface area contributed by atoms with Crippen molar-refractivity contribution in [3.8, 4) is 0 Å². The van der Waals surface area contributed by atoms with E-state index < -0.39 is 11.8 Å². The first-order chi connectivity index (χ1) is 8.27. The molecule has 2 amide bonds. The minimum atomic E-state index is -0.591. The quantitative estimate of drug-likeness (QED) is 0.547. The third-order valence-electron chi connectivity index (χ3n) is 3.33. The Hall–Kier alpha value is -1.39. The van der Waals surface area contributed by atoms with Gasteiger partial charge in [-0.1, -0.05) is 0 Å². The maximum absolute atomic E-state index is 11.7. The molecule has 2 rings (SSSR count). The Morgan fingerprint density at radius 3 is 2.29 bits per heavy atom. The van der Waals surface area contributed by atoms with E-state index in [1.54, 1.807) is 4.90 Å². The highest BCUT2D eigenvalue weighted by Crippen LogP contribution is 2.14. The molecular weight excluding hydrogens is 218 g/mol. The highest BCUT2D eigenvalue weighted by molar-refractivity contribution is 6.35. The monoisotopic (exact) mass is 237 g/mol. The molecule has 1 saturated carbocycles. The van der Waals surface area contributed by atoms with Crippen LogP contribution in [0.1, 0.15) is 44.9 Å². The molecule has 94 valence electrons. The number of rotatable bonds is 1. The summed E-state index contributed by atoms with van der Waals surface area (Å²) in [5, 5.41) is 4.01. The van der Waals surface area contributed by atoms with Crippen LogP contribution in [0, 0.1) is 0 Å². The van der Waals surface area contributed by atoms with Crippen molar-refractivity contribution in [3.63, 3.8) is 0 Å². The lowest BCUT2D eigenvalue weighted by atomic mass is 10.1. The highest BCUT2D eigenvalue weighted by Gasteiger charge is 2.23. The molecule has 0 aromatic carbocycles. The Labute approximate surface area is 101 Å². The van der Waals surface area contributed by atoms with Crippen molar-refractivity contribution in [3.05, 3.63) is 0 Å². The fraction of sp³-hybridized carbons (Fsp3) is 0.750. The summed E-state index contributed by atoms with van der Waals surface area (Å²) in [6, 6.07) is 0. The van der Waals surface area contributed by atoms with Gasteiger partial charge in [-0.3, -0.25) is 9.59 Å². The van der Waals surface area contributed by atoms with Crippen molar-refractivity contribution in [2.24, 2.45) is 5.10 Å². The molecule has 2 aliphatic rings. The molecule has 5 nitrogen and oxygen atoms in total. The summed E-state index contributed by atoms with van der Waals surface area (Å²) in [4.78, 5) is 25.0. The van der Waals surface area contributed by atoms with Gasteiger partial charge in [0.25, 0.3) is 0 Å². The lowest BCUT2D eigenvalue weighted by Gasteiger charge is -2.25. The zero-order chi connectivity index (χ0) is 12.1. The van der Waals surface area contributed by atoms with Gasteiger partial charge in [-0.15, -0.1) is 0 Å². The normalized spacial score (nSPS) is 20.2. The second-order valence-corrected chi connectivity index (χ2v) is 4.68. The van der Waals surface area contributed by atoms with E-state index in [9.17, 15) is 9.59 Å². The van der Waals surface area contributed by atoms with Crippen molar-refractivity contribution in [1.29, 1.82) is 0 Å². The predicted molar refractivity (Wildman–Crippen MR) is 64.5 cm³/mol. The summed E-state index contributed by atoms with van der Waals surface area (Å²) < 4.78 is 0. The van der Waals surface area contributed by atoms with Gasteiger partial charge in [0.05, 0.1) is 0 Å². The van der Waals surface area contributed by atoms with Crippen LogP contribution in [0.4, 0.5) is 0 Å². The molecule has 1 heterocycles. The maximum atomic E-state index is 11.7. The van der Waals surface area contributed by atoms with Gasteiger partial charge >= 0.3 is 11.8 Å². The molecule has 0 bridgehead atoms. The summed E-state index contributed by atoms with van der Waals surface area (Å²) in [6.45, 7) is 1.39. The number of nitrogens with one attached hydrogen (secondary N) is 1. The van der Waals surface area contributed by atoms with Crippen LogP contribution in [0.2, 0.25) is 0 Å². The zero-order valence-corrected chi connectivity index (χ0v) is 10.1. The van der Waals surface area contributed by atoms with Crippen molar-refractivity contribution < 1.29 is 9.59 Å². The second kappa shape index (κ2) is 5.80. The van der Waals surface area contributed by atoms with E-state index >= 15 is 0 Å². The van der Waals surface area contributed by atoms with Gasteiger partial charge in [0, 0.05) is 18.8 Å². The Kier molecular flexibility index (Phi) is 4.12. The first-order valence-corrected chi connectivity index (χ1v) is 6.42. The van der Waals surface area contributed by atoms with E-state index in [4.69, 9.17) is 0 Å². The van der Waals surface area contributed by atoms with Gasteiger partial charge < -0.3 is 4.90 Å². The van der Waals surface area contributed by atoms with E-state index in [0.717, 1.165) is 50.7 Å². The molecule has 0 atom stereocenters. The Bertz CT molecular complexity index is 325. The van der Waals surface area contributed by atoms with E-state index in [-0.39, 0.29) is 0 Å². The summed E-state index contributed by atoms with van der Waals surface area (Å²) in [5.41, 5.74) is 3.38. The molecule has 5 heteroatoms. The Balaban J connectivity index is 1.82. The van der Waals surface area contributed by atoms with Crippen molar-refractivity contribution in [1.82, 2.24) is 10.3 Å². The first-order valence-electron chi connectivity index (χ1n) is 6.42. The number of hydrogen-bond donors (Lipinski definition) is 1. The minimum Gasteiger partial charge on any atom is -0.334 e. The van der Waals surface area contributed by atoms with Crippen LogP contribution in [0.5, 0.6) is 0 Å². The van der Waals surface area contributed by atoms with E-state index in [2.05, 4.69) is 10.5 Å². The molecule has 0 unspecified atom stereocenters. The zero-order valence-electron chi connectivity index (χ0n) is 10.1. The second-order valence-electron chi connectivity index (χ2n) is 4.68.